The Kier molecular flexibility index (Phi) is 3.06. The average Bonchev–Trinajstić information content (AvgIpc) is 1.84. The maximum absolute atomic E-state index is 10.7. The Morgan fingerprint density at radius 2 is 1.70 bits per heavy atom. The van der Waals surface area contributed by atoms with Crippen LogP contribution in [-0.4, -0.2) is 29.7 Å². The van der Waals surface area contributed by atoms with E-state index in [1.165, 1.54) is 18.7 Å². The van der Waals surface area contributed by atoms with Crippen LogP contribution in [0.4, 0.5) is 0 Å². The van der Waals surface area contributed by atoms with Crippen molar-refractivity contribution in [2.24, 2.45) is 0 Å². The number of carbonyl (C=O) groups is 2. The van der Waals surface area contributed by atoms with Crippen LogP contribution in [0.5, 0.6) is 0 Å². The Hall–Kier alpha value is -0.860. The fraction of sp³-hybridized carbons (Fsp3) is 0.714. The minimum absolute atomic E-state index is 0.0118. The van der Waals surface area contributed by atoms with Crippen LogP contribution in [0.25, 0.3) is 0 Å². The molecular formula is C7H13NO2. The van der Waals surface area contributed by atoms with Gasteiger partial charge in [0.1, 0.15) is 0 Å². The normalized spacial score (nSPS) is 12.4. The number of hydrogen-bond donors (Lipinski definition) is 0. The molecule has 0 radical (unpaired) electrons. The molecule has 0 fully saturated rings. The van der Waals surface area contributed by atoms with Crippen molar-refractivity contribution < 1.29 is 9.59 Å². The molecule has 0 heterocycles. The molecule has 0 saturated heterocycles. The molecule has 58 valence electrons. The summed E-state index contributed by atoms with van der Waals surface area (Å²) in [6.45, 7) is 4.63. The van der Waals surface area contributed by atoms with Gasteiger partial charge in [-0.25, -0.2) is 0 Å². The molecule has 0 aromatic heterocycles. The van der Waals surface area contributed by atoms with E-state index < -0.39 is 0 Å². The number of rotatable bonds is 2. The number of carbonyl (C=O) groups excluding carboxylic acids is 2. The predicted molar refractivity (Wildman–Crippen MR) is 38.6 cm³/mol. The van der Waals surface area contributed by atoms with Crippen molar-refractivity contribution in [1.82, 2.24) is 4.90 Å². The summed E-state index contributed by atoms with van der Waals surface area (Å²) >= 11 is 0. The average molecular weight is 143 g/mol. The van der Waals surface area contributed by atoms with E-state index in [-0.39, 0.29) is 17.7 Å². The van der Waals surface area contributed by atoms with Crippen molar-refractivity contribution in [2.45, 2.75) is 26.8 Å². The van der Waals surface area contributed by atoms with Crippen molar-refractivity contribution in [1.29, 1.82) is 0 Å². The van der Waals surface area contributed by atoms with E-state index in [0.717, 1.165) is 0 Å². The lowest BCUT2D eigenvalue weighted by Gasteiger charge is -2.20. The molecule has 0 aliphatic heterocycles. The van der Waals surface area contributed by atoms with Gasteiger partial charge >= 0.3 is 0 Å². The zero-order valence-corrected chi connectivity index (χ0v) is 6.84. The summed E-state index contributed by atoms with van der Waals surface area (Å²) in [6.07, 6.45) is 0. The molecule has 0 bridgehead atoms. The summed E-state index contributed by atoms with van der Waals surface area (Å²) in [7, 11) is 1.62. The number of amides is 1. The number of Topliss-reactive ketones (excluding diaryl/α,β-unsaturated/α-hetero) is 1. The molecule has 0 aromatic carbocycles. The van der Waals surface area contributed by atoms with E-state index in [1.54, 1.807) is 14.0 Å². The van der Waals surface area contributed by atoms with Crippen LogP contribution in [0.1, 0.15) is 20.8 Å². The van der Waals surface area contributed by atoms with Gasteiger partial charge in [-0.1, -0.05) is 0 Å². The van der Waals surface area contributed by atoms with Gasteiger partial charge in [-0.2, -0.15) is 0 Å². The van der Waals surface area contributed by atoms with Gasteiger partial charge in [-0.3, -0.25) is 9.59 Å². The Morgan fingerprint density at radius 1 is 1.30 bits per heavy atom. The van der Waals surface area contributed by atoms with Crippen LogP contribution in [-0.2, 0) is 9.59 Å². The van der Waals surface area contributed by atoms with Crippen LogP contribution < -0.4 is 0 Å². The predicted octanol–water partition coefficient (Wildman–Crippen LogP) is 0.442. The highest BCUT2D eigenvalue weighted by atomic mass is 16.2. The van der Waals surface area contributed by atoms with E-state index in [4.69, 9.17) is 0 Å². The monoisotopic (exact) mass is 143 g/mol. The zero-order chi connectivity index (χ0) is 8.31. The highest BCUT2D eigenvalue weighted by molar-refractivity contribution is 5.86. The standard InChI is InChI=1S/C7H13NO2/c1-5(6(2)9)8(4)7(3)10/h5H,1-4H3/t5-/m1/s1. The molecule has 0 aliphatic carbocycles. The minimum Gasteiger partial charge on any atom is -0.336 e. The topological polar surface area (TPSA) is 37.4 Å². The largest absolute Gasteiger partial charge is 0.336 e. The molecule has 10 heavy (non-hydrogen) atoms. The molecule has 0 N–H and O–H groups in total. The van der Waals surface area contributed by atoms with Gasteiger partial charge in [-0.15, -0.1) is 0 Å². The molecule has 3 nitrogen and oxygen atoms in total. The first-order valence-corrected chi connectivity index (χ1v) is 3.20. The van der Waals surface area contributed by atoms with E-state index in [0.29, 0.717) is 0 Å². The van der Waals surface area contributed by atoms with Crippen molar-refractivity contribution in [3.8, 4) is 0 Å². The maximum atomic E-state index is 10.7. The summed E-state index contributed by atoms with van der Waals surface area (Å²) in [5.74, 6) is -0.0691. The Morgan fingerprint density at radius 3 is 1.80 bits per heavy atom. The minimum atomic E-state index is -0.294. The lowest BCUT2D eigenvalue weighted by molar-refractivity contribution is -0.135. The highest BCUT2D eigenvalue weighted by Gasteiger charge is 2.14. The second kappa shape index (κ2) is 3.34. The van der Waals surface area contributed by atoms with E-state index in [2.05, 4.69) is 0 Å². The van der Waals surface area contributed by atoms with Crippen LogP contribution in [0.15, 0.2) is 0 Å². The van der Waals surface area contributed by atoms with Gasteiger partial charge in [0, 0.05) is 14.0 Å². The fourth-order valence-corrected chi connectivity index (χ4v) is 0.545. The van der Waals surface area contributed by atoms with E-state index in [1.807, 2.05) is 0 Å². The number of likely N-dealkylation sites (N-methyl/N-ethyl adjacent to an activating group) is 1. The van der Waals surface area contributed by atoms with Gasteiger partial charge < -0.3 is 4.90 Å². The zero-order valence-electron chi connectivity index (χ0n) is 6.84. The van der Waals surface area contributed by atoms with Crippen LogP contribution in [0, 0.1) is 0 Å². The summed E-state index contributed by atoms with van der Waals surface area (Å²) in [6, 6.07) is -0.294. The van der Waals surface area contributed by atoms with Crippen LogP contribution in [0.2, 0.25) is 0 Å². The first-order valence-electron chi connectivity index (χ1n) is 3.20. The molecule has 0 rings (SSSR count). The van der Waals surface area contributed by atoms with Gasteiger partial charge in [0.05, 0.1) is 6.04 Å². The first kappa shape index (κ1) is 9.14. The molecule has 1 amide bonds. The summed E-state index contributed by atoms with van der Waals surface area (Å²) in [5, 5.41) is 0. The molecular weight excluding hydrogens is 130 g/mol. The first-order chi connectivity index (χ1) is 4.46. The molecule has 0 saturated carbocycles. The fourth-order valence-electron chi connectivity index (χ4n) is 0.545. The molecule has 0 aromatic rings. The van der Waals surface area contributed by atoms with Crippen molar-refractivity contribution in [3.63, 3.8) is 0 Å². The van der Waals surface area contributed by atoms with Crippen LogP contribution >= 0.6 is 0 Å². The Bertz CT molecular complexity index is 136. The van der Waals surface area contributed by atoms with Gasteiger partial charge in [0.2, 0.25) is 5.91 Å². The SMILES string of the molecule is CC(=O)[C@@H](C)N(C)C(C)=O. The van der Waals surface area contributed by atoms with Gasteiger partial charge in [0.25, 0.3) is 0 Å². The third-order valence-electron chi connectivity index (χ3n) is 1.67. The van der Waals surface area contributed by atoms with Crippen LogP contribution in [0.3, 0.4) is 0 Å². The Labute approximate surface area is 61.0 Å². The number of ketones is 1. The summed E-state index contributed by atoms with van der Waals surface area (Å²) < 4.78 is 0. The second-order valence-electron chi connectivity index (χ2n) is 2.42. The molecule has 0 unspecified atom stereocenters. The van der Waals surface area contributed by atoms with Gasteiger partial charge in [-0.05, 0) is 13.8 Å². The second-order valence-corrected chi connectivity index (χ2v) is 2.42. The maximum Gasteiger partial charge on any atom is 0.219 e. The molecule has 1 atom stereocenters. The number of nitrogens with zero attached hydrogens (tertiary/aromatic N) is 1. The lowest BCUT2D eigenvalue weighted by atomic mass is 10.2. The molecule has 0 aliphatic rings. The highest BCUT2D eigenvalue weighted by Crippen LogP contribution is 1.95. The third kappa shape index (κ3) is 2.17. The summed E-state index contributed by atoms with van der Waals surface area (Å²) in [4.78, 5) is 22.8. The molecule has 0 spiro atoms. The quantitative estimate of drug-likeness (QED) is 0.562. The Balaban J connectivity index is 4.07. The van der Waals surface area contributed by atoms with Crippen molar-refractivity contribution in [3.05, 3.63) is 0 Å². The number of hydrogen-bond acceptors (Lipinski definition) is 2. The van der Waals surface area contributed by atoms with Crippen molar-refractivity contribution in [2.75, 3.05) is 7.05 Å². The van der Waals surface area contributed by atoms with Crippen molar-refractivity contribution >= 4 is 11.7 Å². The third-order valence-corrected chi connectivity index (χ3v) is 1.67. The van der Waals surface area contributed by atoms with E-state index in [9.17, 15) is 9.59 Å². The summed E-state index contributed by atoms with van der Waals surface area (Å²) in [5.41, 5.74) is 0. The smallest absolute Gasteiger partial charge is 0.219 e. The lowest BCUT2D eigenvalue weighted by Crippen LogP contribution is -2.37. The molecule has 3 heteroatoms. The van der Waals surface area contributed by atoms with E-state index >= 15 is 0 Å². The van der Waals surface area contributed by atoms with Gasteiger partial charge in [0.15, 0.2) is 5.78 Å².